The summed E-state index contributed by atoms with van der Waals surface area (Å²) in [6.45, 7) is 6.85. The zero-order valence-electron chi connectivity index (χ0n) is 23.2. The van der Waals surface area contributed by atoms with E-state index in [9.17, 15) is 9.59 Å². The van der Waals surface area contributed by atoms with Crippen LogP contribution in [0.5, 0.6) is 11.5 Å². The molecule has 0 saturated carbocycles. The van der Waals surface area contributed by atoms with Crippen molar-refractivity contribution in [3.05, 3.63) is 48.0 Å². The molecule has 38 heavy (non-hydrogen) atoms. The van der Waals surface area contributed by atoms with E-state index in [2.05, 4.69) is 32.9 Å². The number of fused-ring (bicyclic) bond motifs is 2. The van der Waals surface area contributed by atoms with Gasteiger partial charge < -0.3 is 18.9 Å². The number of carbonyl (C=O) groups is 2. The van der Waals surface area contributed by atoms with Gasteiger partial charge in [-0.2, -0.15) is 0 Å². The lowest BCUT2D eigenvalue weighted by Crippen LogP contribution is -2.17. The number of hydrogen-bond acceptors (Lipinski definition) is 6. The Kier molecular flexibility index (Phi) is 12.2. The summed E-state index contributed by atoms with van der Waals surface area (Å²) in [5, 5.41) is 3.31. The summed E-state index contributed by atoms with van der Waals surface area (Å²) in [6, 6.07) is 14.0. The molecule has 3 rings (SSSR count). The highest BCUT2D eigenvalue weighted by molar-refractivity contribution is 6.11. The number of aryl methyl sites for hydroxylation is 1. The second kappa shape index (κ2) is 15.9. The van der Waals surface area contributed by atoms with Crippen LogP contribution in [0, 0.1) is 0 Å². The van der Waals surface area contributed by atoms with Crippen molar-refractivity contribution >= 4 is 33.5 Å². The van der Waals surface area contributed by atoms with Gasteiger partial charge in [0.25, 0.3) is 0 Å². The van der Waals surface area contributed by atoms with E-state index in [1.807, 2.05) is 30.3 Å². The second-order valence-corrected chi connectivity index (χ2v) is 9.62. The summed E-state index contributed by atoms with van der Waals surface area (Å²) < 4.78 is 23.0. The Morgan fingerprint density at radius 1 is 0.605 bits per heavy atom. The maximum atomic E-state index is 12.4. The molecule has 0 aliphatic carbocycles. The van der Waals surface area contributed by atoms with Crippen LogP contribution in [-0.2, 0) is 25.5 Å². The Morgan fingerprint density at radius 3 is 1.63 bits per heavy atom. The fourth-order valence-corrected chi connectivity index (χ4v) is 4.42. The maximum absolute atomic E-state index is 12.4. The molecule has 0 bridgehead atoms. The van der Waals surface area contributed by atoms with E-state index in [-0.39, 0.29) is 25.2 Å². The average molecular weight is 523 g/mol. The molecule has 3 aromatic carbocycles. The lowest BCUT2D eigenvalue weighted by Gasteiger charge is -2.18. The Hall–Kier alpha value is -3.28. The maximum Gasteiger partial charge on any atom is 0.344 e. The molecule has 0 spiro atoms. The van der Waals surface area contributed by atoms with Crippen LogP contribution in [0.3, 0.4) is 0 Å². The average Bonchev–Trinajstić information content (AvgIpc) is 2.94. The molecule has 6 heteroatoms. The first-order chi connectivity index (χ1) is 18.6. The molecule has 3 aromatic rings. The molecule has 0 N–H and O–H groups in total. The van der Waals surface area contributed by atoms with E-state index < -0.39 is 0 Å². The van der Waals surface area contributed by atoms with Gasteiger partial charge in [-0.1, -0.05) is 89.3 Å². The van der Waals surface area contributed by atoms with Gasteiger partial charge in [0.1, 0.15) is 11.5 Å². The van der Waals surface area contributed by atoms with Gasteiger partial charge in [0.15, 0.2) is 13.2 Å². The summed E-state index contributed by atoms with van der Waals surface area (Å²) in [5.41, 5.74) is 1.18. The first-order valence-corrected chi connectivity index (χ1v) is 14.1. The highest BCUT2D eigenvalue weighted by atomic mass is 16.6. The van der Waals surface area contributed by atoms with E-state index in [0.29, 0.717) is 24.7 Å². The molecule has 0 heterocycles. The molecule has 0 aliphatic rings. The third kappa shape index (κ3) is 8.37. The van der Waals surface area contributed by atoms with E-state index in [4.69, 9.17) is 18.9 Å². The van der Waals surface area contributed by atoms with Crippen molar-refractivity contribution in [2.24, 2.45) is 0 Å². The van der Waals surface area contributed by atoms with Crippen LogP contribution in [0.15, 0.2) is 42.5 Å². The van der Waals surface area contributed by atoms with Crippen LogP contribution in [-0.4, -0.2) is 38.4 Å². The fraction of sp³-hybridized carbons (Fsp3) is 0.500. The summed E-state index contributed by atoms with van der Waals surface area (Å²) in [5.74, 6) is 0.460. The largest absolute Gasteiger partial charge is 0.481 e. The van der Waals surface area contributed by atoms with E-state index in [0.717, 1.165) is 79.3 Å². The Bertz CT molecular complexity index is 1190. The van der Waals surface area contributed by atoms with Crippen LogP contribution in [0.1, 0.15) is 77.7 Å². The van der Waals surface area contributed by atoms with Gasteiger partial charge in [0.05, 0.1) is 13.2 Å². The SMILES string of the molecule is CCCCCOC(=O)COc1c2ccccc2c(OCC(=O)OCCCCC)c2cc(CCCC)ccc12. The second-order valence-electron chi connectivity index (χ2n) is 9.62. The quantitative estimate of drug-likeness (QED) is 0.103. The molecule has 0 aromatic heterocycles. The van der Waals surface area contributed by atoms with E-state index in [1.54, 1.807) is 0 Å². The molecule has 6 nitrogen and oxygen atoms in total. The molecular weight excluding hydrogens is 480 g/mol. The first kappa shape index (κ1) is 29.3. The van der Waals surface area contributed by atoms with Crippen molar-refractivity contribution in [3.8, 4) is 11.5 Å². The molecular formula is C32H42O6. The number of carbonyl (C=O) groups excluding carboxylic acids is 2. The predicted octanol–water partition coefficient (Wildman–Crippen LogP) is 7.56. The lowest BCUT2D eigenvalue weighted by atomic mass is 9.97. The smallest absolute Gasteiger partial charge is 0.344 e. The van der Waals surface area contributed by atoms with Crippen LogP contribution < -0.4 is 9.47 Å². The highest BCUT2D eigenvalue weighted by Crippen LogP contribution is 2.43. The van der Waals surface area contributed by atoms with Crippen LogP contribution in [0.2, 0.25) is 0 Å². The topological polar surface area (TPSA) is 71.1 Å². The van der Waals surface area contributed by atoms with Crippen molar-refractivity contribution in [1.29, 1.82) is 0 Å². The normalized spacial score (nSPS) is 11.0. The standard InChI is InChI=1S/C32H42O6/c1-4-7-12-19-35-29(33)22-37-31-25-15-10-11-16-26(25)32(38-23-30(34)36-20-13-8-5-2)28-21-24(14-9-6-3)17-18-27(28)31/h10-11,15-18,21H,4-9,12-14,19-20,22-23H2,1-3H3. The molecule has 0 radical (unpaired) electrons. The molecule has 0 saturated heterocycles. The number of ether oxygens (including phenoxy) is 4. The van der Waals surface area contributed by atoms with Gasteiger partial charge >= 0.3 is 11.9 Å². The minimum atomic E-state index is -0.385. The van der Waals surface area contributed by atoms with Crippen molar-refractivity contribution in [1.82, 2.24) is 0 Å². The van der Waals surface area contributed by atoms with Gasteiger partial charge in [-0.15, -0.1) is 0 Å². The Balaban J connectivity index is 1.92. The van der Waals surface area contributed by atoms with Gasteiger partial charge in [0.2, 0.25) is 0 Å². The highest BCUT2D eigenvalue weighted by Gasteiger charge is 2.19. The van der Waals surface area contributed by atoms with Crippen LogP contribution in [0.25, 0.3) is 21.5 Å². The van der Waals surface area contributed by atoms with Crippen LogP contribution in [0.4, 0.5) is 0 Å². The van der Waals surface area contributed by atoms with Crippen molar-refractivity contribution < 1.29 is 28.5 Å². The third-order valence-corrected chi connectivity index (χ3v) is 6.50. The predicted molar refractivity (Wildman–Crippen MR) is 152 cm³/mol. The number of rotatable bonds is 17. The summed E-state index contributed by atoms with van der Waals surface area (Å²) in [4.78, 5) is 24.8. The summed E-state index contributed by atoms with van der Waals surface area (Å²) >= 11 is 0. The number of benzene rings is 3. The molecule has 0 amide bonds. The first-order valence-electron chi connectivity index (χ1n) is 14.1. The summed E-state index contributed by atoms with van der Waals surface area (Å²) in [6.07, 6.45) is 9.00. The monoisotopic (exact) mass is 522 g/mol. The van der Waals surface area contributed by atoms with Crippen molar-refractivity contribution in [2.45, 2.75) is 78.6 Å². The van der Waals surface area contributed by atoms with E-state index >= 15 is 0 Å². The molecule has 0 atom stereocenters. The Morgan fingerprint density at radius 2 is 1.11 bits per heavy atom. The molecule has 0 aliphatic heterocycles. The molecule has 206 valence electrons. The van der Waals surface area contributed by atoms with E-state index in [1.165, 1.54) is 5.56 Å². The number of esters is 2. The van der Waals surface area contributed by atoms with Crippen molar-refractivity contribution in [2.75, 3.05) is 26.4 Å². The summed E-state index contributed by atoms with van der Waals surface area (Å²) in [7, 11) is 0. The van der Waals surface area contributed by atoms with Gasteiger partial charge in [-0.25, -0.2) is 9.59 Å². The van der Waals surface area contributed by atoms with Gasteiger partial charge in [-0.3, -0.25) is 0 Å². The van der Waals surface area contributed by atoms with Crippen molar-refractivity contribution in [3.63, 3.8) is 0 Å². The minimum Gasteiger partial charge on any atom is -0.481 e. The van der Waals surface area contributed by atoms with Gasteiger partial charge in [0, 0.05) is 21.5 Å². The lowest BCUT2D eigenvalue weighted by molar-refractivity contribution is -0.147. The zero-order valence-corrected chi connectivity index (χ0v) is 23.2. The zero-order chi connectivity index (χ0) is 27.2. The number of hydrogen-bond donors (Lipinski definition) is 0. The molecule has 0 fully saturated rings. The van der Waals surface area contributed by atoms with Crippen LogP contribution >= 0.6 is 0 Å². The fourth-order valence-electron chi connectivity index (χ4n) is 4.42. The van der Waals surface area contributed by atoms with Gasteiger partial charge in [-0.05, 0) is 37.3 Å². The molecule has 0 unspecified atom stereocenters. The number of unbranched alkanes of at least 4 members (excludes halogenated alkanes) is 5. The minimum absolute atomic E-state index is 0.172. The third-order valence-electron chi connectivity index (χ3n) is 6.50. The Labute approximate surface area is 226 Å².